The van der Waals surface area contributed by atoms with Crippen LogP contribution >= 0.6 is 23.5 Å². The molecule has 0 bridgehead atoms. The molecular weight excluding hydrogens is 765 g/mol. The predicted molar refractivity (Wildman–Crippen MR) is 218 cm³/mol. The highest BCUT2D eigenvalue weighted by Crippen LogP contribution is 2.42. The lowest BCUT2D eigenvalue weighted by Gasteiger charge is -2.25. The van der Waals surface area contributed by atoms with E-state index in [0.29, 0.717) is 24.3 Å². The smallest absolute Gasteiger partial charge is 0.408 e. The summed E-state index contributed by atoms with van der Waals surface area (Å²) in [5.74, 6) is -2.04. The number of carbonyl (C=O) groups excluding carboxylic acids is 6. The number of anilines is 2. The van der Waals surface area contributed by atoms with Gasteiger partial charge in [0.1, 0.15) is 34.8 Å². The third kappa shape index (κ3) is 13.1. The molecule has 0 aromatic heterocycles. The minimum atomic E-state index is -0.853. The molecule has 0 unspecified atom stereocenters. The highest BCUT2D eigenvalue weighted by atomic mass is 32.2. The Bertz CT molecular complexity index is 1650. The lowest BCUT2D eigenvalue weighted by atomic mass is 9.81. The van der Waals surface area contributed by atoms with Gasteiger partial charge in [-0.25, -0.2) is 9.59 Å². The SMILES string of the molecule is CSCC[C@@H](NC(=O)OC(C)(C)C)C(=O)NCCNc1ccc(NCCNC(=O)[C@@H](CCSC)NC(=O)OC(C)(C)C)c2c1C(=O)c1c(O)ccc(O)c1C2=O. The predicted octanol–water partition coefficient (Wildman–Crippen LogP) is 4.22. The van der Waals surface area contributed by atoms with Gasteiger partial charge in [0.15, 0.2) is 0 Å². The third-order valence-electron chi connectivity index (χ3n) is 7.99. The Morgan fingerprint density at radius 1 is 0.607 bits per heavy atom. The number of nitrogens with one attached hydrogen (secondary N) is 6. The molecular formula is C38H54N6O10S2. The van der Waals surface area contributed by atoms with Crippen LogP contribution in [0.3, 0.4) is 0 Å². The molecule has 0 fully saturated rings. The van der Waals surface area contributed by atoms with Gasteiger partial charge in [-0.15, -0.1) is 0 Å². The van der Waals surface area contributed by atoms with E-state index >= 15 is 0 Å². The van der Waals surface area contributed by atoms with Crippen LogP contribution in [-0.4, -0.2) is 119 Å². The molecule has 1 aliphatic carbocycles. The van der Waals surface area contributed by atoms with Crippen molar-refractivity contribution in [1.29, 1.82) is 0 Å². The molecule has 308 valence electrons. The number of carbonyl (C=O) groups is 6. The molecule has 2 aromatic carbocycles. The molecule has 8 N–H and O–H groups in total. The van der Waals surface area contributed by atoms with Crippen molar-refractivity contribution in [2.75, 3.05) is 60.8 Å². The van der Waals surface area contributed by atoms with E-state index in [0.717, 1.165) is 12.1 Å². The van der Waals surface area contributed by atoms with Crippen LogP contribution in [0.1, 0.15) is 86.2 Å². The summed E-state index contributed by atoms with van der Waals surface area (Å²) < 4.78 is 10.6. The summed E-state index contributed by atoms with van der Waals surface area (Å²) in [6, 6.07) is 3.67. The molecule has 0 spiro atoms. The number of hydrogen-bond donors (Lipinski definition) is 8. The summed E-state index contributed by atoms with van der Waals surface area (Å²) in [5.41, 5.74) is -1.85. The van der Waals surface area contributed by atoms with Crippen LogP contribution in [-0.2, 0) is 19.1 Å². The molecule has 2 aromatic rings. The molecule has 1 aliphatic rings. The Morgan fingerprint density at radius 3 is 1.29 bits per heavy atom. The monoisotopic (exact) mass is 818 g/mol. The minimum absolute atomic E-state index is 0.0631. The number of alkyl carbamates (subject to hydrolysis) is 2. The standard InChI is InChI=1S/C38H54N6O10S2/c1-37(2,3)53-35(51)43-23(13-19-55-7)33(49)41-17-15-39-21-9-10-22(28-27(21)31(47)29-25(45)11-12-26(46)30(29)32(28)48)40-16-18-42-34(50)24(14-20-56-8)44-36(52)54-38(4,5)6/h9-12,23-24,39-40,45-46H,13-20H2,1-8H3,(H,41,49)(H,42,50)(H,43,51)(H,44,52)/t23-,24-/m1/s1. The molecule has 18 heteroatoms. The molecule has 0 saturated heterocycles. The zero-order valence-electron chi connectivity index (χ0n) is 33.1. The lowest BCUT2D eigenvalue weighted by molar-refractivity contribution is -0.123. The average molecular weight is 819 g/mol. The van der Waals surface area contributed by atoms with Gasteiger partial charge < -0.3 is 51.6 Å². The van der Waals surface area contributed by atoms with E-state index in [2.05, 4.69) is 31.9 Å². The molecule has 0 aliphatic heterocycles. The van der Waals surface area contributed by atoms with Crippen molar-refractivity contribution in [2.24, 2.45) is 0 Å². The highest BCUT2D eigenvalue weighted by molar-refractivity contribution is 7.98. The van der Waals surface area contributed by atoms with Gasteiger partial charge >= 0.3 is 12.2 Å². The summed E-state index contributed by atoms with van der Waals surface area (Å²) in [4.78, 5) is 78.8. The van der Waals surface area contributed by atoms with Crippen LogP contribution in [0.4, 0.5) is 21.0 Å². The van der Waals surface area contributed by atoms with E-state index in [9.17, 15) is 39.0 Å². The fourth-order valence-corrected chi connectivity index (χ4v) is 6.52. The van der Waals surface area contributed by atoms with Gasteiger partial charge in [-0.05, 0) is 103 Å². The summed E-state index contributed by atoms with van der Waals surface area (Å²) in [6.07, 6.45) is 3.05. The quantitative estimate of drug-likeness (QED) is 0.0664. The second-order valence-electron chi connectivity index (χ2n) is 14.8. The van der Waals surface area contributed by atoms with Crippen LogP contribution in [0.2, 0.25) is 0 Å². The minimum Gasteiger partial charge on any atom is -0.507 e. The van der Waals surface area contributed by atoms with E-state index in [1.807, 2.05) is 12.5 Å². The maximum atomic E-state index is 14.0. The number of amides is 4. The van der Waals surface area contributed by atoms with Crippen molar-refractivity contribution >= 4 is 70.5 Å². The molecule has 0 radical (unpaired) electrons. The Morgan fingerprint density at radius 2 is 0.964 bits per heavy atom. The second kappa shape index (κ2) is 20.4. The maximum absolute atomic E-state index is 14.0. The van der Waals surface area contributed by atoms with Crippen molar-refractivity contribution in [2.45, 2.75) is 77.7 Å². The van der Waals surface area contributed by atoms with E-state index < -0.39 is 70.4 Å². The van der Waals surface area contributed by atoms with Crippen LogP contribution in [0.15, 0.2) is 24.3 Å². The van der Waals surface area contributed by atoms with Crippen LogP contribution in [0.5, 0.6) is 11.5 Å². The number of aromatic hydroxyl groups is 2. The fraction of sp³-hybridized carbons (Fsp3) is 0.526. The zero-order chi connectivity index (χ0) is 41.8. The Balaban J connectivity index is 1.77. The van der Waals surface area contributed by atoms with Gasteiger partial charge in [0.2, 0.25) is 23.4 Å². The largest absolute Gasteiger partial charge is 0.507 e. The highest BCUT2D eigenvalue weighted by Gasteiger charge is 2.38. The number of phenolic OH excluding ortho intramolecular Hbond substituents is 2. The third-order valence-corrected chi connectivity index (χ3v) is 9.28. The Kier molecular flexibility index (Phi) is 16.6. The maximum Gasteiger partial charge on any atom is 0.408 e. The molecule has 56 heavy (non-hydrogen) atoms. The Hall–Kier alpha value is -4.84. The molecule has 2 atom stereocenters. The van der Waals surface area contributed by atoms with Gasteiger partial charge in [0.05, 0.1) is 22.3 Å². The zero-order valence-corrected chi connectivity index (χ0v) is 34.7. The average Bonchev–Trinajstić information content (AvgIpc) is 3.10. The summed E-state index contributed by atoms with van der Waals surface area (Å²) >= 11 is 3.04. The molecule has 16 nitrogen and oxygen atoms in total. The van der Waals surface area contributed by atoms with Gasteiger partial charge in [-0.1, -0.05) is 0 Å². The summed E-state index contributed by atoms with van der Waals surface area (Å²) in [7, 11) is 0. The van der Waals surface area contributed by atoms with Crippen molar-refractivity contribution in [3.63, 3.8) is 0 Å². The van der Waals surface area contributed by atoms with Gasteiger partial charge in [-0.3, -0.25) is 19.2 Å². The number of ether oxygens (including phenoxy) is 2. The number of fused-ring (bicyclic) bond motifs is 2. The van der Waals surface area contributed by atoms with Crippen molar-refractivity contribution in [1.82, 2.24) is 21.3 Å². The first-order valence-electron chi connectivity index (χ1n) is 18.1. The molecule has 0 saturated carbocycles. The van der Waals surface area contributed by atoms with Crippen LogP contribution in [0.25, 0.3) is 0 Å². The van der Waals surface area contributed by atoms with Crippen molar-refractivity contribution in [3.05, 3.63) is 46.5 Å². The fourth-order valence-electron chi connectivity index (χ4n) is 5.58. The lowest BCUT2D eigenvalue weighted by Crippen LogP contribution is -2.49. The summed E-state index contributed by atoms with van der Waals surface area (Å²) in [5, 5.41) is 38.2. The van der Waals surface area contributed by atoms with E-state index in [1.165, 1.54) is 23.5 Å². The number of rotatable bonds is 18. The first-order chi connectivity index (χ1) is 26.3. The van der Waals surface area contributed by atoms with Crippen LogP contribution < -0.4 is 31.9 Å². The van der Waals surface area contributed by atoms with E-state index in [4.69, 9.17) is 9.47 Å². The van der Waals surface area contributed by atoms with Crippen molar-refractivity contribution < 1.29 is 48.5 Å². The van der Waals surface area contributed by atoms with Gasteiger partial charge in [-0.2, -0.15) is 23.5 Å². The van der Waals surface area contributed by atoms with Gasteiger partial charge in [0, 0.05) is 37.6 Å². The first-order valence-corrected chi connectivity index (χ1v) is 20.9. The summed E-state index contributed by atoms with van der Waals surface area (Å²) in [6.45, 7) is 10.7. The van der Waals surface area contributed by atoms with E-state index in [-0.39, 0.29) is 59.8 Å². The molecule has 4 amide bonds. The topological polar surface area (TPSA) is 234 Å². The number of hydrogen-bond acceptors (Lipinski definition) is 14. The first kappa shape index (κ1) is 45.5. The number of benzene rings is 2. The number of ketones is 2. The molecule has 3 rings (SSSR count). The number of thioether (sulfide) groups is 2. The molecule has 0 heterocycles. The van der Waals surface area contributed by atoms with Crippen molar-refractivity contribution in [3.8, 4) is 11.5 Å². The van der Waals surface area contributed by atoms with Gasteiger partial charge in [0.25, 0.3) is 0 Å². The van der Waals surface area contributed by atoms with Crippen LogP contribution in [0, 0.1) is 0 Å². The number of phenols is 2. The van der Waals surface area contributed by atoms with E-state index in [1.54, 1.807) is 53.7 Å². The second-order valence-corrected chi connectivity index (χ2v) is 16.8. The normalized spacial score (nSPS) is 13.4. The Labute approximate surface area is 335 Å².